The molecular weight excluding hydrogens is 306 g/mol. The third-order valence-corrected chi connectivity index (χ3v) is 3.85. The average Bonchev–Trinajstić information content (AvgIpc) is 2.88. The van der Waals surface area contributed by atoms with Gasteiger partial charge in [0.05, 0.1) is 12.2 Å². The van der Waals surface area contributed by atoms with Gasteiger partial charge in [0.2, 0.25) is 0 Å². The molecule has 1 aliphatic rings. The lowest BCUT2D eigenvalue weighted by atomic mass is 10.1. The molecule has 1 N–H and O–H groups in total. The summed E-state index contributed by atoms with van der Waals surface area (Å²) in [4.78, 5) is 50.0. The number of nitrogens with one attached hydrogen (secondary N) is 1. The molecule has 1 heterocycles. The number of ether oxygens (including phenoxy) is 1. The zero-order valence-electron chi connectivity index (χ0n) is 12.3. The molecule has 0 radical (unpaired) electrons. The first kappa shape index (κ1) is 16.5. The van der Waals surface area contributed by atoms with E-state index in [1.54, 1.807) is 0 Å². The van der Waals surface area contributed by atoms with Crippen molar-refractivity contribution in [2.75, 3.05) is 6.61 Å². The fourth-order valence-corrected chi connectivity index (χ4v) is 2.77. The second-order valence-electron chi connectivity index (χ2n) is 5.33. The molecule has 0 amide bonds. The lowest BCUT2D eigenvalue weighted by Crippen LogP contribution is -2.33. The van der Waals surface area contributed by atoms with Crippen molar-refractivity contribution in [3.8, 4) is 0 Å². The van der Waals surface area contributed by atoms with E-state index in [4.69, 9.17) is 10.3 Å². The van der Waals surface area contributed by atoms with Crippen molar-refractivity contribution < 1.29 is 14.3 Å². The van der Waals surface area contributed by atoms with Gasteiger partial charge in [-0.3, -0.25) is 23.9 Å². The first-order chi connectivity index (χ1) is 11.0. The van der Waals surface area contributed by atoms with Crippen LogP contribution in [0.1, 0.15) is 36.2 Å². The Morgan fingerprint density at radius 3 is 2.91 bits per heavy atom. The van der Waals surface area contributed by atoms with E-state index in [0.29, 0.717) is 19.1 Å². The Bertz CT molecular complexity index is 776. The number of esters is 1. The van der Waals surface area contributed by atoms with Crippen LogP contribution >= 0.6 is 0 Å². The van der Waals surface area contributed by atoms with Crippen LogP contribution in [0.25, 0.3) is 10.4 Å². The van der Waals surface area contributed by atoms with Gasteiger partial charge in [-0.1, -0.05) is 5.11 Å². The van der Waals surface area contributed by atoms with Gasteiger partial charge in [-0.25, -0.2) is 4.79 Å². The number of aldehydes is 1. The normalized spacial score (nSPS) is 23.1. The summed E-state index contributed by atoms with van der Waals surface area (Å²) >= 11 is 0. The van der Waals surface area contributed by atoms with Crippen molar-refractivity contribution in [2.24, 2.45) is 11.0 Å². The minimum Gasteiger partial charge on any atom is -0.466 e. The zero-order valence-corrected chi connectivity index (χ0v) is 12.3. The predicted octanol–water partition coefficient (Wildman–Crippen LogP) is 0.542. The largest absolute Gasteiger partial charge is 0.466 e. The Morgan fingerprint density at radius 1 is 1.57 bits per heavy atom. The van der Waals surface area contributed by atoms with Crippen LogP contribution in [0.2, 0.25) is 0 Å². The Balaban J connectivity index is 2.29. The Hall–Kier alpha value is -2.87. The van der Waals surface area contributed by atoms with Crippen molar-refractivity contribution >= 4 is 12.3 Å². The summed E-state index contributed by atoms with van der Waals surface area (Å²) < 4.78 is 6.21. The fourth-order valence-electron chi connectivity index (χ4n) is 2.77. The maximum atomic E-state index is 11.9. The molecule has 3 atom stereocenters. The topological polar surface area (TPSA) is 147 Å². The van der Waals surface area contributed by atoms with Crippen molar-refractivity contribution in [3.63, 3.8) is 0 Å². The van der Waals surface area contributed by atoms with E-state index >= 15 is 0 Å². The van der Waals surface area contributed by atoms with Crippen LogP contribution in [-0.4, -0.2) is 34.5 Å². The first-order valence-corrected chi connectivity index (χ1v) is 6.94. The van der Waals surface area contributed by atoms with Gasteiger partial charge in [-0.05, 0) is 18.4 Å². The minimum atomic E-state index is -0.748. The molecule has 2 rings (SSSR count). The quantitative estimate of drug-likeness (QED) is 0.276. The number of azide groups is 1. The Labute approximate surface area is 129 Å². The van der Waals surface area contributed by atoms with E-state index in [1.165, 1.54) is 17.7 Å². The SMILES string of the molecule is CC(=O)OC[C@H]1C[C@@H](n2cc(C=O)c(=O)[nH]c2=O)C[C@@H]1N=[N+]=[N-]. The van der Waals surface area contributed by atoms with Crippen LogP contribution in [0.3, 0.4) is 0 Å². The van der Waals surface area contributed by atoms with E-state index < -0.39 is 23.3 Å². The van der Waals surface area contributed by atoms with Gasteiger partial charge in [-0.2, -0.15) is 0 Å². The van der Waals surface area contributed by atoms with Crippen LogP contribution in [0.5, 0.6) is 0 Å². The van der Waals surface area contributed by atoms with Crippen LogP contribution in [0, 0.1) is 5.92 Å². The summed E-state index contributed by atoms with van der Waals surface area (Å²) in [5.74, 6) is -0.684. The number of aromatic amines is 1. The number of carbonyl (C=O) groups is 2. The molecular formula is C13H15N5O5. The summed E-state index contributed by atoms with van der Waals surface area (Å²) in [5.41, 5.74) is 7.09. The molecule has 0 saturated heterocycles. The van der Waals surface area contributed by atoms with Crippen LogP contribution in [0.4, 0.5) is 0 Å². The summed E-state index contributed by atoms with van der Waals surface area (Å²) in [7, 11) is 0. The lowest BCUT2D eigenvalue weighted by Gasteiger charge is -2.14. The van der Waals surface area contributed by atoms with Crippen molar-refractivity contribution in [1.29, 1.82) is 0 Å². The number of hydrogen-bond donors (Lipinski definition) is 1. The number of rotatable bonds is 5. The van der Waals surface area contributed by atoms with Gasteiger partial charge in [0, 0.05) is 36.0 Å². The molecule has 10 nitrogen and oxygen atoms in total. The van der Waals surface area contributed by atoms with E-state index in [0.717, 1.165) is 0 Å². The highest BCUT2D eigenvalue weighted by molar-refractivity contribution is 5.73. The maximum absolute atomic E-state index is 11.9. The molecule has 23 heavy (non-hydrogen) atoms. The highest BCUT2D eigenvalue weighted by atomic mass is 16.5. The van der Waals surface area contributed by atoms with Crippen LogP contribution < -0.4 is 11.2 Å². The average molecular weight is 321 g/mol. The molecule has 1 aromatic heterocycles. The Kier molecular flexibility index (Phi) is 4.97. The van der Waals surface area contributed by atoms with E-state index in [-0.39, 0.29) is 24.1 Å². The minimum absolute atomic E-state index is 0.0775. The zero-order chi connectivity index (χ0) is 17.0. The lowest BCUT2D eigenvalue weighted by molar-refractivity contribution is -0.142. The van der Waals surface area contributed by atoms with Crippen molar-refractivity contribution in [1.82, 2.24) is 9.55 Å². The second-order valence-corrected chi connectivity index (χ2v) is 5.33. The molecule has 1 fully saturated rings. The molecule has 0 spiro atoms. The fraction of sp³-hybridized carbons (Fsp3) is 0.538. The highest BCUT2D eigenvalue weighted by Crippen LogP contribution is 2.36. The predicted molar refractivity (Wildman–Crippen MR) is 78.0 cm³/mol. The Morgan fingerprint density at radius 2 is 2.30 bits per heavy atom. The van der Waals surface area contributed by atoms with E-state index in [9.17, 15) is 19.2 Å². The molecule has 1 saturated carbocycles. The number of hydrogen-bond acceptors (Lipinski definition) is 6. The molecule has 1 aromatic rings. The van der Waals surface area contributed by atoms with Crippen molar-refractivity contribution in [3.05, 3.63) is 43.0 Å². The summed E-state index contributed by atoms with van der Waals surface area (Å²) in [6.07, 6.45) is 2.33. The van der Waals surface area contributed by atoms with Crippen molar-refractivity contribution in [2.45, 2.75) is 31.8 Å². The molecule has 0 bridgehead atoms. The maximum Gasteiger partial charge on any atom is 0.328 e. The third kappa shape index (κ3) is 3.67. The summed E-state index contributed by atoms with van der Waals surface area (Å²) in [6, 6.07) is -0.808. The van der Waals surface area contributed by atoms with E-state index in [2.05, 4.69) is 15.0 Å². The molecule has 10 heteroatoms. The van der Waals surface area contributed by atoms with Gasteiger partial charge in [-0.15, -0.1) is 0 Å². The van der Waals surface area contributed by atoms with Crippen LogP contribution in [-0.2, 0) is 9.53 Å². The van der Waals surface area contributed by atoms with Gasteiger partial charge in [0.15, 0.2) is 6.29 Å². The van der Waals surface area contributed by atoms with E-state index in [1.807, 2.05) is 0 Å². The van der Waals surface area contributed by atoms with Gasteiger partial charge in [0.1, 0.15) is 0 Å². The summed E-state index contributed by atoms with van der Waals surface area (Å²) in [5, 5.41) is 3.68. The molecule has 122 valence electrons. The molecule has 0 unspecified atom stereocenters. The molecule has 0 aliphatic heterocycles. The standard InChI is InChI=1S/C13H15N5O5/c1-7(20)23-6-8-2-10(3-11(8)16-17-14)18-4-9(5-19)12(21)15-13(18)22/h4-5,8,10-11H,2-3,6H2,1H3,(H,15,21,22)/t8-,10-,11+/m1/s1. The van der Waals surface area contributed by atoms with Crippen LogP contribution in [0.15, 0.2) is 20.9 Å². The number of carbonyl (C=O) groups excluding carboxylic acids is 2. The van der Waals surface area contributed by atoms with Gasteiger partial charge in [0.25, 0.3) is 5.56 Å². The second kappa shape index (κ2) is 6.93. The number of nitrogens with zero attached hydrogens (tertiary/aromatic N) is 4. The van der Waals surface area contributed by atoms with Gasteiger partial charge >= 0.3 is 11.7 Å². The number of aromatic nitrogens is 2. The third-order valence-electron chi connectivity index (χ3n) is 3.85. The van der Waals surface area contributed by atoms with Gasteiger partial charge < -0.3 is 4.74 Å². The monoisotopic (exact) mass is 321 g/mol. The smallest absolute Gasteiger partial charge is 0.328 e. The summed E-state index contributed by atoms with van der Waals surface area (Å²) in [6.45, 7) is 1.35. The highest BCUT2D eigenvalue weighted by Gasteiger charge is 2.36. The number of H-pyrrole nitrogens is 1. The first-order valence-electron chi connectivity index (χ1n) is 6.94. The molecule has 0 aromatic carbocycles. The molecule has 1 aliphatic carbocycles.